The Bertz CT molecular complexity index is 1490. The number of carbonyl (C=O) groups is 2. The van der Waals surface area contributed by atoms with Gasteiger partial charge in [-0.3, -0.25) is 9.59 Å². The smallest absolute Gasteiger partial charge is 0.870 e. The zero-order chi connectivity index (χ0) is 33.6. The molecule has 0 saturated carbocycles. The molecule has 264 valence electrons. The van der Waals surface area contributed by atoms with Crippen molar-refractivity contribution < 1.29 is 64.3 Å². The zero-order valence-electron chi connectivity index (χ0n) is 27.6. The Kier molecular flexibility index (Phi) is 15.5. The molecule has 5 N–H and O–H groups in total. The molecular weight excluding hydrogens is 725 g/mol. The molecular formula is C35H43Cl4N2NaO7. The molecule has 2 spiro atoms. The third-order valence-electron chi connectivity index (χ3n) is 9.37. The van der Waals surface area contributed by atoms with Gasteiger partial charge in [-0.1, -0.05) is 67.7 Å². The Morgan fingerprint density at radius 3 is 1.39 bits per heavy atom. The monoisotopic (exact) mass is 766 g/mol. The number of halogens is 4. The van der Waals surface area contributed by atoms with Crippen molar-refractivity contribution in [3.8, 4) is 0 Å². The molecule has 0 radical (unpaired) electrons. The van der Waals surface area contributed by atoms with Crippen LogP contribution in [-0.4, -0.2) is 64.0 Å². The van der Waals surface area contributed by atoms with E-state index in [2.05, 4.69) is 10.6 Å². The van der Waals surface area contributed by atoms with Gasteiger partial charge in [0.25, 0.3) is 11.8 Å². The number of ether oxygens (including phenoxy) is 2. The Labute approximate surface area is 330 Å². The van der Waals surface area contributed by atoms with Crippen LogP contribution in [0.3, 0.4) is 0 Å². The molecule has 2 aromatic rings. The largest absolute Gasteiger partial charge is 1.00 e. The summed E-state index contributed by atoms with van der Waals surface area (Å²) in [5, 5.41) is 29.4. The maximum atomic E-state index is 12.6. The van der Waals surface area contributed by atoms with Crippen molar-refractivity contribution in [1.29, 1.82) is 0 Å². The standard InChI is InChI=1S/2C17H19Cl2NO3.CH4.Na.H2O/c2*1-3-11-8-17(4-5-23-11)15(21)14(16(22)20-17)13-9(2)6-10(18)7-12(13)19;;;/h2*6-7,11,21H,3-5,8H2,1-2H3,(H,20,22);1H4;;1H2/q;;;+1;/p-1. The van der Waals surface area contributed by atoms with E-state index in [0.717, 1.165) is 24.0 Å². The van der Waals surface area contributed by atoms with Crippen LogP contribution in [0.5, 0.6) is 0 Å². The quantitative estimate of drug-likeness (QED) is 0.300. The van der Waals surface area contributed by atoms with Crippen LogP contribution in [0.1, 0.15) is 82.1 Å². The molecule has 0 aromatic heterocycles. The number of amides is 2. The van der Waals surface area contributed by atoms with Crippen molar-refractivity contribution in [3.05, 3.63) is 78.1 Å². The second-order valence-electron chi connectivity index (χ2n) is 12.4. The summed E-state index contributed by atoms with van der Waals surface area (Å²) in [6.07, 6.45) is 3.94. The van der Waals surface area contributed by atoms with Gasteiger partial charge < -0.3 is 35.8 Å². The molecule has 4 aliphatic rings. The summed E-state index contributed by atoms with van der Waals surface area (Å²) in [7, 11) is 0. The average molecular weight is 769 g/mol. The summed E-state index contributed by atoms with van der Waals surface area (Å²) < 4.78 is 11.3. The van der Waals surface area contributed by atoms with Gasteiger partial charge in [0.2, 0.25) is 0 Å². The van der Waals surface area contributed by atoms with Crippen molar-refractivity contribution >= 4 is 69.4 Å². The molecule has 4 atom stereocenters. The van der Waals surface area contributed by atoms with Crippen LogP contribution in [0.2, 0.25) is 20.1 Å². The number of carbonyl (C=O) groups excluding carboxylic acids is 2. The fourth-order valence-corrected chi connectivity index (χ4v) is 8.33. The van der Waals surface area contributed by atoms with E-state index in [4.69, 9.17) is 55.9 Å². The SMILES string of the molecule is C.CCC1CC2(CCO1)NC(=O)C(c1c(C)cc(Cl)cc1Cl)=C2O.CCC1CC2(CCO1)NC(=O)C(c1c(C)cc(Cl)cc1Cl)=C2O.[Na+].[OH-]. The summed E-state index contributed by atoms with van der Waals surface area (Å²) in [6.45, 7) is 8.71. The minimum atomic E-state index is -0.749. The van der Waals surface area contributed by atoms with Gasteiger partial charge in [-0.05, 0) is 62.1 Å². The van der Waals surface area contributed by atoms with Gasteiger partial charge in [-0.2, -0.15) is 0 Å². The maximum Gasteiger partial charge on any atom is 1.00 e. The van der Waals surface area contributed by atoms with E-state index < -0.39 is 11.1 Å². The number of aliphatic hydroxyl groups excluding tert-OH is 2. The summed E-state index contributed by atoms with van der Waals surface area (Å²) >= 11 is 24.6. The topological polar surface area (TPSA) is 147 Å². The van der Waals surface area contributed by atoms with Crippen LogP contribution >= 0.6 is 46.4 Å². The van der Waals surface area contributed by atoms with Crippen molar-refractivity contribution in [2.45, 2.75) is 96.9 Å². The normalized spacial score (nSPS) is 26.0. The fraction of sp³-hybridized carbons (Fsp3) is 0.486. The van der Waals surface area contributed by atoms with E-state index in [0.29, 0.717) is 70.1 Å². The van der Waals surface area contributed by atoms with Crippen LogP contribution in [0.4, 0.5) is 0 Å². The number of hydrogen-bond donors (Lipinski definition) is 4. The molecule has 4 aliphatic heterocycles. The summed E-state index contributed by atoms with van der Waals surface area (Å²) in [5.41, 5.74) is 1.61. The van der Waals surface area contributed by atoms with Gasteiger partial charge in [0.05, 0.1) is 33.4 Å². The number of aliphatic hydroxyl groups is 2. The predicted octanol–water partition coefficient (Wildman–Crippen LogP) is 5.52. The third-order valence-corrected chi connectivity index (χ3v) is 10.4. The second kappa shape index (κ2) is 17.3. The fourth-order valence-electron chi connectivity index (χ4n) is 6.95. The summed E-state index contributed by atoms with van der Waals surface area (Å²) in [6, 6.07) is 6.64. The number of nitrogens with one attached hydrogen (secondary N) is 2. The van der Waals surface area contributed by atoms with E-state index in [9.17, 15) is 19.8 Å². The molecule has 2 saturated heterocycles. The van der Waals surface area contributed by atoms with Crippen LogP contribution in [0.25, 0.3) is 11.1 Å². The van der Waals surface area contributed by atoms with Crippen molar-refractivity contribution in [3.63, 3.8) is 0 Å². The van der Waals surface area contributed by atoms with Crippen molar-refractivity contribution in [1.82, 2.24) is 10.6 Å². The minimum Gasteiger partial charge on any atom is -0.870 e. The first kappa shape index (κ1) is 43.7. The van der Waals surface area contributed by atoms with Crippen molar-refractivity contribution in [2.75, 3.05) is 13.2 Å². The number of benzene rings is 2. The number of rotatable bonds is 4. The van der Waals surface area contributed by atoms with Crippen LogP contribution in [-0.2, 0) is 19.1 Å². The van der Waals surface area contributed by atoms with Crippen LogP contribution in [0.15, 0.2) is 35.8 Å². The summed E-state index contributed by atoms with van der Waals surface area (Å²) in [5.74, 6) is -0.466. The van der Waals surface area contributed by atoms with Crippen LogP contribution in [0, 0.1) is 13.8 Å². The van der Waals surface area contributed by atoms with E-state index in [1.165, 1.54) is 0 Å². The van der Waals surface area contributed by atoms with Gasteiger partial charge in [0.15, 0.2) is 0 Å². The zero-order valence-corrected chi connectivity index (χ0v) is 32.6. The predicted molar refractivity (Wildman–Crippen MR) is 190 cm³/mol. The van der Waals surface area contributed by atoms with E-state index in [1.807, 2.05) is 27.7 Å². The third kappa shape index (κ3) is 8.43. The average Bonchev–Trinajstić information content (AvgIpc) is 3.35. The molecule has 4 heterocycles. The molecule has 2 amide bonds. The first-order valence-electron chi connectivity index (χ1n) is 15.4. The Hall–Kier alpha value is -1.50. The number of aryl methyl sites for hydroxylation is 2. The number of hydrogen-bond acceptors (Lipinski definition) is 7. The van der Waals surface area contributed by atoms with E-state index in [-0.39, 0.29) is 89.1 Å². The maximum absolute atomic E-state index is 12.6. The van der Waals surface area contributed by atoms with Gasteiger partial charge >= 0.3 is 29.6 Å². The molecule has 2 fully saturated rings. The molecule has 14 heteroatoms. The van der Waals surface area contributed by atoms with Gasteiger partial charge in [0.1, 0.15) is 22.6 Å². The van der Waals surface area contributed by atoms with Gasteiger partial charge in [-0.15, -0.1) is 0 Å². The molecule has 9 nitrogen and oxygen atoms in total. The molecule has 49 heavy (non-hydrogen) atoms. The van der Waals surface area contributed by atoms with E-state index in [1.54, 1.807) is 24.3 Å². The van der Waals surface area contributed by atoms with E-state index >= 15 is 0 Å². The molecule has 2 aromatic carbocycles. The van der Waals surface area contributed by atoms with Gasteiger partial charge in [-0.25, -0.2) is 0 Å². The second-order valence-corrected chi connectivity index (χ2v) is 14.1. The summed E-state index contributed by atoms with van der Waals surface area (Å²) in [4.78, 5) is 25.2. The van der Waals surface area contributed by atoms with Crippen molar-refractivity contribution in [2.24, 2.45) is 0 Å². The molecule has 6 rings (SSSR count). The van der Waals surface area contributed by atoms with Gasteiger partial charge in [0, 0.05) is 60.1 Å². The minimum absolute atomic E-state index is 0. The first-order valence-corrected chi connectivity index (χ1v) is 16.9. The van der Waals surface area contributed by atoms with Crippen LogP contribution < -0.4 is 40.2 Å². The Morgan fingerprint density at radius 2 is 1.08 bits per heavy atom. The molecule has 0 aliphatic carbocycles. The Morgan fingerprint density at radius 1 is 0.735 bits per heavy atom. The molecule has 4 unspecified atom stereocenters. The first-order chi connectivity index (χ1) is 21.8. The Balaban J connectivity index is 0.000000321. The molecule has 0 bridgehead atoms.